The molecule has 0 radical (unpaired) electrons. The molecule has 1 aliphatic heterocycles. The van der Waals surface area contributed by atoms with E-state index < -0.39 is 0 Å². The second kappa shape index (κ2) is 5.25. The molecule has 1 aliphatic rings. The summed E-state index contributed by atoms with van der Waals surface area (Å²) >= 11 is 0. The van der Waals surface area contributed by atoms with Crippen LogP contribution in [0.1, 0.15) is 22.3 Å². The lowest BCUT2D eigenvalue weighted by Crippen LogP contribution is -2.17. The molecule has 4 N–H and O–H groups in total. The van der Waals surface area contributed by atoms with Gasteiger partial charge in [0.2, 0.25) is 0 Å². The molecule has 0 bridgehead atoms. The van der Waals surface area contributed by atoms with Crippen molar-refractivity contribution in [3.05, 3.63) is 53.6 Å². The van der Waals surface area contributed by atoms with E-state index in [1.165, 1.54) is 5.56 Å². The fourth-order valence-corrected chi connectivity index (χ4v) is 2.50. The standard InChI is InChI=1S/C16H17N3O/c17-12-5-1-4-11(10-12)16(20)19-15-8-2-7-14-13(15)6-3-9-18-14/h1-2,4-5,7-8,10,18H,3,6,9,17H2,(H,19,20). The molecule has 2 aromatic rings. The smallest absolute Gasteiger partial charge is 0.255 e. The Morgan fingerprint density at radius 3 is 2.90 bits per heavy atom. The van der Waals surface area contributed by atoms with Gasteiger partial charge in [0.05, 0.1) is 0 Å². The highest BCUT2D eigenvalue weighted by Gasteiger charge is 2.14. The van der Waals surface area contributed by atoms with Crippen molar-refractivity contribution in [2.24, 2.45) is 0 Å². The Bertz CT molecular complexity index is 652. The Hall–Kier alpha value is -2.49. The minimum atomic E-state index is -0.128. The number of hydrogen-bond acceptors (Lipinski definition) is 3. The minimum Gasteiger partial charge on any atom is -0.399 e. The number of fused-ring (bicyclic) bond motifs is 1. The zero-order chi connectivity index (χ0) is 13.9. The molecule has 0 aromatic heterocycles. The van der Waals surface area contributed by atoms with Gasteiger partial charge in [-0.2, -0.15) is 0 Å². The SMILES string of the molecule is Nc1cccc(C(=O)Nc2cccc3c2CCCN3)c1. The fraction of sp³-hybridized carbons (Fsp3) is 0.188. The van der Waals surface area contributed by atoms with E-state index in [1.807, 2.05) is 18.2 Å². The largest absolute Gasteiger partial charge is 0.399 e. The van der Waals surface area contributed by atoms with E-state index in [2.05, 4.69) is 10.6 Å². The van der Waals surface area contributed by atoms with E-state index in [1.54, 1.807) is 24.3 Å². The summed E-state index contributed by atoms with van der Waals surface area (Å²) in [6, 6.07) is 12.9. The average Bonchev–Trinajstić information content (AvgIpc) is 2.47. The molecule has 0 unspecified atom stereocenters. The van der Waals surface area contributed by atoms with Crippen LogP contribution in [0, 0.1) is 0 Å². The van der Waals surface area contributed by atoms with E-state index >= 15 is 0 Å². The summed E-state index contributed by atoms with van der Waals surface area (Å²) in [6.45, 7) is 0.986. The maximum absolute atomic E-state index is 12.3. The van der Waals surface area contributed by atoms with Crippen molar-refractivity contribution < 1.29 is 4.79 Å². The van der Waals surface area contributed by atoms with Crippen molar-refractivity contribution in [1.29, 1.82) is 0 Å². The quantitative estimate of drug-likeness (QED) is 0.733. The van der Waals surface area contributed by atoms with Crippen LogP contribution in [0.2, 0.25) is 0 Å². The topological polar surface area (TPSA) is 67.2 Å². The molecular formula is C16H17N3O. The van der Waals surface area contributed by atoms with Crippen LogP contribution < -0.4 is 16.4 Å². The predicted octanol–water partition coefficient (Wildman–Crippen LogP) is 2.88. The van der Waals surface area contributed by atoms with Crippen molar-refractivity contribution in [3.8, 4) is 0 Å². The number of carbonyl (C=O) groups is 1. The molecule has 4 heteroatoms. The molecule has 0 atom stereocenters. The van der Waals surface area contributed by atoms with Crippen LogP contribution in [-0.4, -0.2) is 12.5 Å². The lowest BCUT2D eigenvalue weighted by atomic mass is 10.0. The van der Waals surface area contributed by atoms with E-state index in [0.29, 0.717) is 11.3 Å². The summed E-state index contributed by atoms with van der Waals surface area (Å²) < 4.78 is 0. The van der Waals surface area contributed by atoms with Gasteiger partial charge in [0.25, 0.3) is 5.91 Å². The zero-order valence-corrected chi connectivity index (χ0v) is 11.1. The van der Waals surface area contributed by atoms with Gasteiger partial charge in [0, 0.05) is 29.2 Å². The first kappa shape index (κ1) is 12.5. The Balaban J connectivity index is 1.86. The lowest BCUT2D eigenvalue weighted by Gasteiger charge is -2.21. The molecule has 4 nitrogen and oxygen atoms in total. The van der Waals surface area contributed by atoms with Gasteiger partial charge in [-0.15, -0.1) is 0 Å². The van der Waals surface area contributed by atoms with Crippen LogP contribution in [0.25, 0.3) is 0 Å². The van der Waals surface area contributed by atoms with E-state index in [0.717, 1.165) is 30.8 Å². The number of anilines is 3. The van der Waals surface area contributed by atoms with Gasteiger partial charge in [-0.25, -0.2) is 0 Å². The third kappa shape index (κ3) is 2.45. The number of carbonyl (C=O) groups excluding carboxylic acids is 1. The summed E-state index contributed by atoms with van der Waals surface area (Å²) in [7, 11) is 0. The van der Waals surface area contributed by atoms with Crippen LogP contribution in [0.15, 0.2) is 42.5 Å². The summed E-state index contributed by atoms with van der Waals surface area (Å²) in [5, 5.41) is 6.33. The second-order valence-electron chi connectivity index (χ2n) is 4.94. The maximum Gasteiger partial charge on any atom is 0.255 e. The summed E-state index contributed by atoms with van der Waals surface area (Å²) in [6.07, 6.45) is 2.06. The van der Waals surface area contributed by atoms with Crippen molar-refractivity contribution >= 4 is 23.0 Å². The summed E-state index contributed by atoms with van der Waals surface area (Å²) in [4.78, 5) is 12.3. The number of nitrogens with one attached hydrogen (secondary N) is 2. The molecule has 0 spiro atoms. The predicted molar refractivity (Wildman–Crippen MR) is 82.1 cm³/mol. The summed E-state index contributed by atoms with van der Waals surface area (Å²) in [5.74, 6) is -0.128. The van der Waals surface area contributed by atoms with Crippen LogP contribution in [0.5, 0.6) is 0 Å². The highest BCUT2D eigenvalue weighted by atomic mass is 16.1. The third-order valence-corrected chi connectivity index (χ3v) is 3.49. The molecular weight excluding hydrogens is 250 g/mol. The van der Waals surface area contributed by atoms with Gasteiger partial charge in [-0.3, -0.25) is 4.79 Å². The molecule has 20 heavy (non-hydrogen) atoms. The van der Waals surface area contributed by atoms with Gasteiger partial charge in [-0.1, -0.05) is 12.1 Å². The molecule has 102 valence electrons. The monoisotopic (exact) mass is 267 g/mol. The van der Waals surface area contributed by atoms with Crippen molar-refractivity contribution in [1.82, 2.24) is 0 Å². The molecule has 0 saturated carbocycles. The van der Waals surface area contributed by atoms with E-state index in [9.17, 15) is 4.79 Å². The van der Waals surface area contributed by atoms with E-state index in [-0.39, 0.29) is 5.91 Å². The van der Waals surface area contributed by atoms with Crippen molar-refractivity contribution in [2.75, 3.05) is 22.9 Å². The molecule has 0 aliphatic carbocycles. The highest BCUT2D eigenvalue weighted by Crippen LogP contribution is 2.29. The van der Waals surface area contributed by atoms with Crippen molar-refractivity contribution in [3.63, 3.8) is 0 Å². The van der Waals surface area contributed by atoms with E-state index in [4.69, 9.17) is 5.73 Å². The van der Waals surface area contributed by atoms with Crippen LogP contribution in [-0.2, 0) is 6.42 Å². The first-order valence-corrected chi connectivity index (χ1v) is 6.77. The Kier molecular flexibility index (Phi) is 3.29. The Morgan fingerprint density at radius 1 is 1.20 bits per heavy atom. The first-order valence-electron chi connectivity index (χ1n) is 6.77. The molecule has 0 saturated heterocycles. The van der Waals surface area contributed by atoms with Gasteiger partial charge in [-0.05, 0) is 48.7 Å². The van der Waals surface area contributed by atoms with Gasteiger partial charge >= 0.3 is 0 Å². The fourth-order valence-electron chi connectivity index (χ4n) is 2.50. The normalized spacial score (nSPS) is 13.2. The number of nitrogen functional groups attached to an aromatic ring is 1. The number of rotatable bonds is 2. The van der Waals surface area contributed by atoms with Gasteiger partial charge in [0.15, 0.2) is 0 Å². The van der Waals surface area contributed by atoms with Gasteiger partial charge < -0.3 is 16.4 Å². The number of amides is 1. The molecule has 1 amide bonds. The molecule has 2 aromatic carbocycles. The first-order chi connectivity index (χ1) is 9.74. The molecule has 3 rings (SSSR count). The van der Waals surface area contributed by atoms with Crippen LogP contribution in [0.3, 0.4) is 0 Å². The Morgan fingerprint density at radius 2 is 2.05 bits per heavy atom. The zero-order valence-electron chi connectivity index (χ0n) is 11.1. The molecule has 1 heterocycles. The number of nitrogens with two attached hydrogens (primary N) is 1. The number of hydrogen-bond donors (Lipinski definition) is 3. The average molecular weight is 267 g/mol. The highest BCUT2D eigenvalue weighted by molar-refractivity contribution is 6.05. The maximum atomic E-state index is 12.3. The third-order valence-electron chi connectivity index (χ3n) is 3.49. The lowest BCUT2D eigenvalue weighted by molar-refractivity contribution is 0.102. The van der Waals surface area contributed by atoms with Crippen LogP contribution in [0.4, 0.5) is 17.1 Å². The molecule has 0 fully saturated rings. The van der Waals surface area contributed by atoms with Crippen LogP contribution >= 0.6 is 0 Å². The minimum absolute atomic E-state index is 0.128. The summed E-state index contributed by atoms with van der Waals surface area (Å²) in [5.41, 5.74) is 10.0. The second-order valence-corrected chi connectivity index (χ2v) is 4.94. The van der Waals surface area contributed by atoms with Crippen molar-refractivity contribution in [2.45, 2.75) is 12.8 Å². The van der Waals surface area contributed by atoms with Gasteiger partial charge in [0.1, 0.15) is 0 Å². The number of benzene rings is 2. The Labute approximate surface area is 118 Å².